The predicted octanol–water partition coefficient (Wildman–Crippen LogP) is 3.34. The molecule has 0 spiro atoms. The smallest absolute Gasteiger partial charge is 0.0981 e. The standard InChI is InChI=1S/C8H12BrNS/c1-8(2,3)7-10-5-6(4-9)11-7/h5H,4H2,1-3H3. The first-order valence-corrected chi connectivity index (χ1v) is 5.49. The minimum atomic E-state index is 0.199. The molecule has 0 aliphatic carbocycles. The fraction of sp³-hybridized carbons (Fsp3) is 0.625. The molecule has 0 fully saturated rings. The van der Waals surface area contributed by atoms with Gasteiger partial charge in [-0.05, 0) is 0 Å². The van der Waals surface area contributed by atoms with Crippen LogP contribution in [0.4, 0.5) is 0 Å². The molecule has 62 valence electrons. The van der Waals surface area contributed by atoms with Crippen LogP contribution in [-0.4, -0.2) is 4.98 Å². The van der Waals surface area contributed by atoms with Gasteiger partial charge in [0.05, 0.1) is 5.01 Å². The summed E-state index contributed by atoms with van der Waals surface area (Å²) in [7, 11) is 0. The third-order valence-corrected chi connectivity index (χ3v) is 3.73. The lowest BCUT2D eigenvalue weighted by Gasteiger charge is -2.13. The number of aromatic nitrogens is 1. The minimum absolute atomic E-state index is 0.199. The summed E-state index contributed by atoms with van der Waals surface area (Å²) in [5, 5.41) is 2.13. The van der Waals surface area contributed by atoms with Crippen molar-refractivity contribution < 1.29 is 0 Å². The summed E-state index contributed by atoms with van der Waals surface area (Å²) in [5.41, 5.74) is 0.199. The molecule has 0 saturated carbocycles. The van der Waals surface area contributed by atoms with E-state index in [-0.39, 0.29) is 5.41 Å². The molecule has 0 aromatic carbocycles. The third kappa shape index (κ3) is 2.27. The molecule has 0 radical (unpaired) electrons. The number of nitrogens with zero attached hydrogens (tertiary/aromatic N) is 1. The van der Waals surface area contributed by atoms with E-state index in [0.717, 1.165) is 5.33 Å². The summed E-state index contributed by atoms with van der Waals surface area (Å²) in [6, 6.07) is 0. The lowest BCUT2D eigenvalue weighted by atomic mass is 9.98. The predicted molar refractivity (Wildman–Crippen MR) is 53.4 cm³/mol. The van der Waals surface area contributed by atoms with Crippen LogP contribution in [0.25, 0.3) is 0 Å². The Kier molecular flexibility index (Phi) is 2.70. The van der Waals surface area contributed by atoms with Gasteiger partial charge < -0.3 is 0 Å². The molecule has 3 heteroatoms. The van der Waals surface area contributed by atoms with E-state index < -0.39 is 0 Å². The van der Waals surface area contributed by atoms with Crippen LogP contribution in [0, 0.1) is 0 Å². The summed E-state index contributed by atoms with van der Waals surface area (Å²) in [6.07, 6.45) is 1.94. The molecule has 0 unspecified atom stereocenters. The van der Waals surface area contributed by atoms with Gasteiger partial charge in [0.1, 0.15) is 0 Å². The summed E-state index contributed by atoms with van der Waals surface area (Å²) in [4.78, 5) is 5.65. The Hall–Kier alpha value is 0.110. The van der Waals surface area contributed by atoms with Gasteiger partial charge in [0.15, 0.2) is 0 Å². The van der Waals surface area contributed by atoms with Crippen molar-refractivity contribution in [2.45, 2.75) is 31.5 Å². The molecule has 0 N–H and O–H groups in total. The number of rotatable bonds is 1. The third-order valence-electron chi connectivity index (χ3n) is 1.33. The first-order chi connectivity index (χ1) is 5.04. The lowest BCUT2D eigenvalue weighted by Crippen LogP contribution is -2.09. The largest absolute Gasteiger partial charge is 0.249 e. The van der Waals surface area contributed by atoms with Gasteiger partial charge in [-0.15, -0.1) is 11.3 Å². The molecule has 0 aliphatic rings. The van der Waals surface area contributed by atoms with Crippen LogP contribution in [0.3, 0.4) is 0 Å². The molecule has 0 amide bonds. The molecule has 1 aromatic rings. The summed E-state index contributed by atoms with van der Waals surface area (Å²) in [6.45, 7) is 6.55. The monoisotopic (exact) mass is 233 g/mol. The zero-order valence-corrected chi connectivity index (χ0v) is 9.42. The molecule has 11 heavy (non-hydrogen) atoms. The molecule has 0 saturated heterocycles. The van der Waals surface area contributed by atoms with E-state index in [0.29, 0.717) is 0 Å². The average Bonchev–Trinajstić information content (AvgIpc) is 2.32. The van der Waals surface area contributed by atoms with Gasteiger partial charge in [-0.25, -0.2) is 4.98 Å². The van der Waals surface area contributed by atoms with Crippen LogP contribution < -0.4 is 0 Å². The number of thiazole rings is 1. The highest BCUT2D eigenvalue weighted by Crippen LogP contribution is 2.27. The maximum Gasteiger partial charge on any atom is 0.0981 e. The highest BCUT2D eigenvalue weighted by Gasteiger charge is 2.17. The van der Waals surface area contributed by atoms with E-state index in [1.165, 1.54) is 9.88 Å². The van der Waals surface area contributed by atoms with Gasteiger partial charge >= 0.3 is 0 Å². The normalized spacial score (nSPS) is 12.0. The van der Waals surface area contributed by atoms with Crippen LogP contribution in [0.2, 0.25) is 0 Å². The second kappa shape index (κ2) is 3.23. The van der Waals surface area contributed by atoms with Gasteiger partial charge in [-0.3, -0.25) is 0 Å². The van der Waals surface area contributed by atoms with E-state index in [2.05, 4.69) is 41.7 Å². The SMILES string of the molecule is CC(C)(C)c1ncc(CBr)s1. The highest BCUT2D eigenvalue weighted by atomic mass is 79.9. The Bertz CT molecular complexity index is 236. The summed E-state index contributed by atoms with van der Waals surface area (Å²) >= 11 is 5.19. The first-order valence-electron chi connectivity index (χ1n) is 3.55. The van der Waals surface area contributed by atoms with Gasteiger partial charge in [-0.1, -0.05) is 36.7 Å². The molecule has 1 nitrogen and oxygen atoms in total. The molecular weight excluding hydrogens is 222 g/mol. The van der Waals surface area contributed by atoms with E-state index in [1.807, 2.05) is 6.20 Å². The van der Waals surface area contributed by atoms with Crippen molar-refractivity contribution >= 4 is 27.3 Å². The van der Waals surface area contributed by atoms with Crippen LogP contribution in [0.1, 0.15) is 30.7 Å². The fourth-order valence-electron chi connectivity index (χ4n) is 0.716. The van der Waals surface area contributed by atoms with Crippen molar-refractivity contribution in [1.82, 2.24) is 4.98 Å². The maximum atomic E-state index is 4.35. The summed E-state index contributed by atoms with van der Waals surface area (Å²) in [5.74, 6) is 0. The molecular formula is C8H12BrNS. The number of halogens is 1. The Morgan fingerprint density at radius 3 is 2.45 bits per heavy atom. The zero-order valence-electron chi connectivity index (χ0n) is 7.02. The second-order valence-corrected chi connectivity index (χ2v) is 5.19. The highest BCUT2D eigenvalue weighted by molar-refractivity contribution is 9.08. The van der Waals surface area contributed by atoms with Crippen LogP contribution in [0.15, 0.2) is 6.20 Å². The molecule has 0 atom stereocenters. The van der Waals surface area contributed by atoms with E-state index in [9.17, 15) is 0 Å². The Balaban J connectivity index is 2.89. The van der Waals surface area contributed by atoms with Crippen LogP contribution in [-0.2, 0) is 10.7 Å². The molecule has 1 aromatic heterocycles. The molecule has 0 aliphatic heterocycles. The van der Waals surface area contributed by atoms with Crippen molar-refractivity contribution in [1.29, 1.82) is 0 Å². The van der Waals surface area contributed by atoms with Gasteiger partial charge in [0, 0.05) is 21.8 Å². The van der Waals surface area contributed by atoms with E-state index in [1.54, 1.807) is 11.3 Å². The number of alkyl halides is 1. The summed E-state index contributed by atoms with van der Waals surface area (Å²) < 4.78 is 0. The van der Waals surface area contributed by atoms with E-state index in [4.69, 9.17) is 0 Å². The van der Waals surface area contributed by atoms with Crippen LogP contribution >= 0.6 is 27.3 Å². The van der Waals surface area contributed by atoms with Crippen molar-refractivity contribution in [3.05, 3.63) is 16.1 Å². The van der Waals surface area contributed by atoms with Gasteiger partial charge in [-0.2, -0.15) is 0 Å². The second-order valence-electron chi connectivity index (χ2n) is 3.52. The Morgan fingerprint density at radius 2 is 2.18 bits per heavy atom. The van der Waals surface area contributed by atoms with Crippen LogP contribution in [0.5, 0.6) is 0 Å². The molecule has 0 bridgehead atoms. The van der Waals surface area contributed by atoms with Crippen molar-refractivity contribution in [3.63, 3.8) is 0 Å². The van der Waals surface area contributed by atoms with Crippen molar-refractivity contribution in [2.75, 3.05) is 0 Å². The molecule has 1 rings (SSSR count). The topological polar surface area (TPSA) is 12.9 Å². The van der Waals surface area contributed by atoms with Gasteiger partial charge in [0.2, 0.25) is 0 Å². The van der Waals surface area contributed by atoms with Crippen molar-refractivity contribution in [2.24, 2.45) is 0 Å². The Morgan fingerprint density at radius 1 is 1.55 bits per heavy atom. The fourth-order valence-corrected chi connectivity index (χ4v) is 2.02. The lowest BCUT2D eigenvalue weighted by molar-refractivity contribution is 0.585. The first kappa shape index (κ1) is 9.20. The Labute approximate surface area is 80.0 Å². The minimum Gasteiger partial charge on any atom is -0.249 e. The number of hydrogen-bond acceptors (Lipinski definition) is 2. The van der Waals surface area contributed by atoms with Crippen molar-refractivity contribution in [3.8, 4) is 0 Å². The average molecular weight is 234 g/mol. The van der Waals surface area contributed by atoms with E-state index >= 15 is 0 Å². The number of hydrogen-bond donors (Lipinski definition) is 0. The quantitative estimate of drug-likeness (QED) is 0.679. The zero-order chi connectivity index (χ0) is 8.48. The maximum absolute atomic E-state index is 4.35. The van der Waals surface area contributed by atoms with Gasteiger partial charge in [0.25, 0.3) is 0 Å². The molecule has 1 heterocycles.